The molecule has 2 rings (SSSR count). The molecule has 0 fully saturated rings. The van der Waals surface area contributed by atoms with E-state index in [2.05, 4.69) is 4.98 Å². The summed E-state index contributed by atoms with van der Waals surface area (Å²) in [5, 5.41) is 19.5. The highest BCUT2D eigenvalue weighted by Crippen LogP contribution is 2.27. The summed E-state index contributed by atoms with van der Waals surface area (Å²) in [7, 11) is 0. The van der Waals surface area contributed by atoms with Crippen molar-refractivity contribution in [1.29, 1.82) is 5.26 Å². The van der Waals surface area contributed by atoms with Gasteiger partial charge in [0.05, 0.1) is 17.2 Å². The third-order valence-corrected chi connectivity index (χ3v) is 2.16. The zero-order valence-electron chi connectivity index (χ0n) is 9.11. The lowest BCUT2D eigenvalue weighted by Crippen LogP contribution is -1.93. The van der Waals surface area contributed by atoms with Gasteiger partial charge in [-0.25, -0.2) is 0 Å². The van der Waals surface area contributed by atoms with Gasteiger partial charge in [0.25, 0.3) is 5.69 Å². The van der Waals surface area contributed by atoms with E-state index in [4.69, 9.17) is 10.00 Å². The molecular formula is C12H7N3O3. The number of nitrogens with zero attached hydrogens (tertiary/aromatic N) is 3. The van der Waals surface area contributed by atoms with Gasteiger partial charge in [0.2, 0.25) is 0 Å². The van der Waals surface area contributed by atoms with Crippen LogP contribution in [-0.4, -0.2) is 9.91 Å². The molecule has 0 aliphatic carbocycles. The van der Waals surface area contributed by atoms with Crippen LogP contribution in [0.4, 0.5) is 5.69 Å². The number of ether oxygens (including phenoxy) is 1. The quantitative estimate of drug-likeness (QED) is 0.608. The summed E-state index contributed by atoms with van der Waals surface area (Å²) < 4.78 is 5.39. The van der Waals surface area contributed by atoms with Gasteiger partial charge in [0.1, 0.15) is 23.1 Å². The number of rotatable bonds is 3. The first-order valence-corrected chi connectivity index (χ1v) is 4.97. The minimum Gasteiger partial charge on any atom is -0.455 e. The van der Waals surface area contributed by atoms with Crippen molar-refractivity contribution in [2.75, 3.05) is 0 Å². The van der Waals surface area contributed by atoms with E-state index in [9.17, 15) is 10.1 Å². The summed E-state index contributed by atoms with van der Waals surface area (Å²) >= 11 is 0. The van der Waals surface area contributed by atoms with Gasteiger partial charge in [0.15, 0.2) is 0 Å². The molecule has 0 N–H and O–H groups in total. The standard InChI is InChI=1S/C12H7N3O3/c13-7-9-3-4-10(6-12(9)15(16)17)18-11-2-1-5-14-8-11/h1-6,8H. The minimum atomic E-state index is -0.616. The van der Waals surface area contributed by atoms with Gasteiger partial charge in [0, 0.05) is 6.20 Å². The topological polar surface area (TPSA) is 89.0 Å². The number of pyridine rings is 1. The van der Waals surface area contributed by atoms with Crippen LogP contribution < -0.4 is 4.74 Å². The van der Waals surface area contributed by atoms with Crippen LogP contribution in [0.3, 0.4) is 0 Å². The zero-order chi connectivity index (χ0) is 13.0. The van der Waals surface area contributed by atoms with Crippen LogP contribution in [0.2, 0.25) is 0 Å². The van der Waals surface area contributed by atoms with Crippen molar-refractivity contribution in [3.63, 3.8) is 0 Å². The molecule has 0 saturated carbocycles. The van der Waals surface area contributed by atoms with Crippen LogP contribution in [-0.2, 0) is 0 Å². The molecule has 0 unspecified atom stereocenters. The molecule has 0 radical (unpaired) electrons. The van der Waals surface area contributed by atoms with Gasteiger partial charge in [-0.2, -0.15) is 5.26 Å². The summed E-state index contributed by atoms with van der Waals surface area (Å²) in [4.78, 5) is 14.0. The van der Waals surface area contributed by atoms with E-state index >= 15 is 0 Å². The fraction of sp³-hybridized carbons (Fsp3) is 0. The molecule has 0 aliphatic heterocycles. The van der Waals surface area contributed by atoms with Gasteiger partial charge in [-0.15, -0.1) is 0 Å². The van der Waals surface area contributed by atoms with E-state index in [1.165, 1.54) is 24.4 Å². The molecule has 1 aromatic heterocycles. The summed E-state index contributed by atoms with van der Waals surface area (Å²) in [6.45, 7) is 0. The Labute approximate surface area is 102 Å². The van der Waals surface area contributed by atoms with Gasteiger partial charge >= 0.3 is 0 Å². The number of aromatic nitrogens is 1. The Kier molecular flexibility index (Phi) is 3.16. The lowest BCUT2D eigenvalue weighted by molar-refractivity contribution is -0.385. The SMILES string of the molecule is N#Cc1ccc(Oc2cccnc2)cc1[N+](=O)[O-]. The highest BCUT2D eigenvalue weighted by atomic mass is 16.6. The molecule has 18 heavy (non-hydrogen) atoms. The highest BCUT2D eigenvalue weighted by Gasteiger charge is 2.15. The van der Waals surface area contributed by atoms with E-state index in [0.29, 0.717) is 5.75 Å². The third kappa shape index (κ3) is 2.41. The molecular weight excluding hydrogens is 234 g/mol. The number of nitriles is 1. The van der Waals surface area contributed by atoms with E-state index in [1.54, 1.807) is 24.4 Å². The van der Waals surface area contributed by atoms with Crippen molar-refractivity contribution >= 4 is 5.69 Å². The highest BCUT2D eigenvalue weighted by molar-refractivity contribution is 5.52. The maximum atomic E-state index is 10.8. The predicted octanol–water partition coefficient (Wildman–Crippen LogP) is 2.65. The largest absolute Gasteiger partial charge is 0.455 e. The predicted molar refractivity (Wildman–Crippen MR) is 62.1 cm³/mol. The minimum absolute atomic E-state index is 0.00135. The molecule has 1 heterocycles. The number of nitro benzene ring substituents is 1. The lowest BCUT2D eigenvalue weighted by Gasteiger charge is -2.04. The Morgan fingerprint density at radius 1 is 1.33 bits per heavy atom. The van der Waals surface area contributed by atoms with Gasteiger partial charge in [-0.05, 0) is 24.3 Å². The summed E-state index contributed by atoms with van der Waals surface area (Å²) in [6, 6.07) is 9.19. The third-order valence-electron chi connectivity index (χ3n) is 2.16. The monoisotopic (exact) mass is 241 g/mol. The number of benzene rings is 1. The average molecular weight is 241 g/mol. The molecule has 1 aromatic carbocycles. The van der Waals surface area contributed by atoms with Crippen LogP contribution in [0.5, 0.6) is 11.5 Å². The van der Waals surface area contributed by atoms with Crippen LogP contribution in [0.1, 0.15) is 5.56 Å². The fourth-order valence-electron chi connectivity index (χ4n) is 1.36. The Morgan fingerprint density at radius 2 is 2.17 bits per heavy atom. The molecule has 0 bridgehead atoms. The summed E-state index contributed by atoms with van der Waals surface area (Å²) in [5.41, 5.74) is -0.280. The second kappa shape index (κ2) is 4.93. The van der Waals surface area contributed by atoms with E-state index in [-0.39, 0.29) is 17.0 Å². The van der Waals surface area contributed by atoms with Crippen LogP contribution in [0.25, 0.3) is 0 Å². The fourth-order valence-corrected chi connectivity index (χ4v) is 1.36. The van der Waals surface area contributed by atoms with Crippen LogP contribution in [0, 0.1) is 21.4 Å². The first kappa shape index (κ1) is 11.5. The molecule has 0 spiro atoms. The van der Waals surface area contributed by atoms with Gasteiger partial charge in [-0.1, -0.05) is 0 Å². The Morgan fingerprint density at radius 3 is 2.78 bits per heavy atom. The summed E-state index contributed by atoms with van der Waals surface area (Å²) in [5.74, 6) is 0.755. The molecule has 0 saturated heterocycles. The van der Waals surface area contributed by atoms with E-state index in [1.807, 2.05) is 0 Å². The lowest BCUT2D eigenvalue weighted by atomic mass is 10.2. The number of hydrogen-bond donors (Lipinski definition) is 0. The zero-order valence-corrected chi connectivity index (χ0v) is 9.11. The Balaban J connectivity index is 2.34. The molecule has 6 nitrogen and oxygen atoms in total. The van der Waals surface area contributed by atoms with Gasteiger partial charge < -0.3 is 4.74 Å². The summed E-state index contributed by atoms with van der Waals surface area (Å²) in [6.07, 6.45) is 3.08. The first-order valence-electron chi connectivity index (χ1n) is 4.97. The van der Waals surface area contributed by atoms with Crippen molar-refractivity contribution < 1.29 is 9.66 Å². The molecule has 6 heteroatoms. The normalized spacial score (nSPS) is 9.50. The van der Waals surface area contributed by atoms with Crippen LogP contribution >= 0.6 is 0 Å². The molecule has 88 valence electrons. The number of hydrogen-bond acceptors (Lipinski definition) is 5. The van der Waals surface area contributed by atoms with E-state index in [0.717, 1.165) is 0 Å². The van der Waals surface area contributed by atoms with Crippen molar-refractivity contribution in [2.45, 2.75) is 0 Å². The maximum absolute atomic E-state index is 10.8. The average Bonchev–Trinajstić information content (AvgIpc) is 2.40. The van der Waals surface area contributed by atoms with Crippen molar-refractivity contribution in [1.82, 2.24) is 4.98 Å². The van der Waals surface area contributed by atoms with Crippen LogP contribution in [0.15, 0.2) is 42.7 Å². The van der Waals surface area contributed by atoms with Crippen molar-refractivity contribution in [2.24, 2.45) is 0 Å². The molecule has 0 atom stereocenters. The molecule has 0 aliphatic rings. The first-order chi connectivity index (χ1) is 8.70. The maximum Gasteiger partial charge on any atom is 0.290 e. The van der Waals surface area contributed by atoms with Gasteiger partial charge in [-0.3, -0.25) is 15.1 Å². The Hall–Kier alpha value is -2.94. The van der Waals surface area contributed by atoms with Crippen molar-refractivity contribution in [3.8, 4) is 17.6 Å². The second-order valence-corrected chi connectivity index (χ2v) is 3.34. The number of nitro groups is 1. The molecule has 2 aromatic rings. The van der Waals surface area contributed by atoms with E-state index < -0.39 is 4.92 Å². The second-order valence-electron chi connectivity index (χ2n) is 3.34. The van der Waals surface area contributed by atoms with Crippen molar-refractivity contribution in [3.05, 3.63) is 58.4 Å². The Bertz CT molecular complexity index is 620. The smallest absolute Gasteiger partial charge is 0.290 e. The molecule has 0 amide bonds.